The average molecular weight is 384 g/mol. The van der Waals surface area contributed by atoms with Gasteiger partial charge < -0.3 is 4.74 Å². The third-order valence-electron chi connectivity index (χ3n) is 4.60. The van der Waals surface area contributed by atoms with Gasteiger partial charge in [-0.15, -0.1) is 0 Å². The molecule has 0 saturated heterocycles. The zero-order chi connectivity index (χ0) is 19.9. The molecule has 0 fully saturated rings. The predicted octanol–water partition coefficient (Wildman–Crippen LogP) is 6.22. The van der Waals surface area contributed by atoms with E-state index >= 15 is 0 Å². The van der Waals surface area contributed by atoms with Gasteiger partial charge in [-0.05, 0) is 41.5 Å². The quantitative estimate of drug-likeness (QED) is 0.355. The molecule has 0 radical (unpaired) electrons. The van der Waals surface area contributed by atoms with Crippen LogP contribution in [-0.2, 0) is 0 Å². The van der Waals surface area contributed by atoms with Gasteiger partial charge in [0.25, 0.3) is 0 Å². The maximum absolute atomic E-state index is 12.2. The minimum atomic E-state index is -0.370. The molecule has 0 N–H and O–H groups in total. The summed E-state index contributed by atoms with van der Waals surface area (Å²) in [6, 6.07) is 28.1. The van der Waals surface area contributed by atoms with Crippen molar-refractivity contribution in [3.8, 4) is 39.5 Å². The Labute approximate surface area is 169 Å². The van der Waals surface area contributed by atoms with Crippen LogP contribution in [0.1, 0.15) is 6.42 Å². The molecule has 0 aliphatic carbocycles. The lowest BCUT2D eigenvalue weighted by Gasteiger charge is -2.08. The normalized spacial score (nSPS) is 10.7. The molecule has 0 atom stereocenters. The molecule has 0 unspecified atom stereocenters. The monoisotopic (exact) mass is 384 g/mol. The Bertz CT molecular complexity index is 1050. The first-order valence-electron chi connectivity index (χ1n) is 9.61. The van der Waals surface area contributed by atoms with E-state index in [1.165, 1.54) is 11.1 Å². The molecule has 29 heavy (non-hydrogen) atoms. The molecular formula is C25H21FN2O. The Morgan fingerprint density at radius 1 is 0.690 bits per heavy atom. The first-order chi connectivity index (χ1) is 14.3. The van der Waals surface area contributed by atoms with Crippen molar-refractivity contribution in [3.63, 3.8) is 0 Å². The lowest BCUT2D eigenvalue weighted by Crippen LogP contribution is -1.98. The Morgan fingerprint density at radius 2 is 1.34 bits per heavy atom. The summed E-state index contributed by atoms with van der Waals surface area (Å²) in [6.45, 7) is 0.00581. The van der Waals surface area contributed by atoms with Crippen LogP contribution < -0.4 is 4.74 Å². The topological polar surface area (TPSA) is 35.0 Å². The fourth-order valence-electron chi connectivity index (χ4n) is 3.07. The second-order valence-electron chi connectivity index (χ2n) is 6.62. The van der Waals surface area contributed by atoms with E-state index in [9.17, 15) is 4.39 Å². The van der Waals surface area contributed by atoms with Crippen molar-refractivity contribution in [1.29, 1.82) is 0 Å². The molecule has 4 heteroatoms. The standard InChI is InChI=1S/C25H21FN2O/c26-16-4-18-29-23-13-11-22(12-14-23)25-27-17-15-24(28-25)21-9-7-20(8-10-21)19-5-2-1-3-6-19/h1-3,5-15,17H,4,16,18H2. The van der Waals surface area contributed by atoms with Crippen molar-refractivity contribution in [2.75, 3.05) is 13.3 Å². The van der Waals surface area contributed by atoms with Crippen LogP contribution in [0.4, 0.5) is 4.39 Å². The molecule has 1 aromatic heterocycles. The number of halogens is 1. The molecule has 0 aliphatic rings. The van der Waals surface area contributed by atoms with E-state index in [4.69, 9.17) is 9.72 Å². The third kappa shape index (κ3) is 4.66. The summed E-state index contributed by atoms with van der Waals surface area (Å²) in [5.41, 5.74) is 5.19. The van der Waals surface area contributed by atoms with E-state index in [1.54, 1.807) is 6.20 Å². The van der Waals surface area contributed by atoms with Crippen LogP contribution in [0.5, 0.6) is 5.75 Å². The Kier molecular flexibility index (Phi) is 5.91. The number of benzene rings is 3. The highest BCUT2D eigenvalue weighted by Crippen LogP contribution is 2.25. The zero-order valence-electron chi connectivity index (χ0n) is 16.0. The van der Waals surface area contributed by atoms with Crippen molar-refractivity contribution < 1.29 is 9.13 Å². The molecule has 4 rings (SSSR count). The minimum absolute atomic E-state index is 0.370. The van der Waals surface area contributed by atoms with Crippen molar-refractivity contribution >= 4 is 0 Å². The van der Waals surface area contributed by atoms with Gasteiger partial charge in [0.2, 0.25) is 0 Å². The summed E-state index contributed by atoms with van der Waals surface area (Å²) in [6.07, 6.45) is 2.17. The number of aromatic nitrogens is 2. The molecule has 0 saturated carbocycles. The maximum atomic E-state index is 12.2. The van der Waals surface area contributed by atoms with Crippen LogP contribution in [0, 0.1) is 0 Å². The Hall–Kier alpha value is -3.53. The fourth-order valence-corrected chi connectivity index (χ4v) is 3.07. The third-order valence-corrected chi connectivity index (χ3v) is 4.60. The van der Waals surface area contributed by atoms with E-state index in [1.807, 2.05) is 48.5 Å². The highest BCUT2D eigenvalue weighted by Gasteiger charge is 2.06. The van der Waals surface area contributed by atoms with Crippen LogP contribution in [0.2, 0.25) is 0 Å². The molecule has 144 valence electrons. The van der Waals surface area contributed by atoms with Gasteiger partial charge in [0.1, 0.15) is 5.75 Å². The summed E-state index contributed by atoms with van der Waals surface area (Å²) in [5.74, 6) is 1.37. The fraction of sp³-hybridized carbons (Fsp3) is 0.120. The predicted molar refractivity (Wildman–Crippen MR) is 114 cm³/mol. The van der Waals surface area contributed by atoms with Gasteiger partial charge in [-0.2, -0.15) is 0 Å². The Morgan fingerprint density at radius 3 is 2.07 bits per heavy atom. The lowest BCUT2D eigenvalue weighted by molar-refractivity contribution is 0.289. The Balaban J connectivity index is 1.53. The zero-order valence-corrected chi connectivity index (χ0v) is 16.0. The van der Waals surface area contributed by atoms with E-state index in [0.717, 1.165) is 22.6 Å². The summed E-state index contributed by atoms with van der Waals surface area (Å²) in [7, 11) is 0. The number of rotatable bonds is 7. The molecule has 3 nitrogen and oxygen atoms in total. The SMILES string of the molecule is FCCCOc1ccc(-c2nccc(-c3ccc(-c4ccccc4)cc3)n2)cc1. The van der Waals surface area contributed by atoms with Crippen LogP contribution in [0.25, 0.3) is 33.8 Å². The molecule has 0 bridgehead atoms. The van der Waals surface area contributed by atoms with Gasteiger partial charge in [0.05, 0.1) is 19.0 Å². The van der Waals surface area contributed by atoms with Crippen LogP contribution >= 0.6 is 0 Å². The first-order valence-corrected chi connectivity index (χ1v) is 9.61. The van der Waals surface area contributed by atoms with Gasteiger partial charge in [0.15, 0.2) is 5.82 Å². The molecule has 3 aromatic carbocycles. The summed E-state index contributed by atoms with van der Waals surface area (Å²) >= 11 is 0. The first kappa shape index (κ1) is 18.8. The summed E-state index contributed by atoms with van der Waals surface area (Å²) in [5, 5.41) is 0. The number of alkyl halides is 1. The van der Waals surface area contributed by atoms with Crippen molar-refractivity contribution in [2.24, 2.45) is 0 Å². The number of hydrogen-bond donors (Lipinski definition) is 0. The molecule has 1 heterocycles. The minimum Gasteiger partial charge on any atom is -0.493 e. The largest absolute Gasteiger partial charge is 0.493 e. The molecule has 4 aromatic rings. The van der Waals surface area contributed by atoms with E-state index in [2.05, 4.69) is 41.4 Å². The van der Waals surface area contributed by atoms with E-state index < -0.39 is 0 Å². The van der Waals surface area contributed by atoms with E-state index in [-0.39, 0.29) is 6.67 Å². The summed E-state index contributed by atoms with van der Waals surface area (Å²) in [4.78, 5) is 9.12. The second-order valence-corrected chi connectivity index (χ2v) is 6.62. The van der Waals surface area contributed by atoms with Gasteiger partial charge in [-0.25, -0.2) is 9.97 Å². The molecule has 0 amide bonds. The highest BCUT2D eigenvalue weighted by atomic mass is 19.1. The van der Waals surface area contributed by atoms with Crippen LogP contribution in [0.15, 0.2) is 91.1 Å². The van der Waals surface area contributed by atoms with Crippen molar-refractivity contribution in [2.45, 2.75) is 6.42 Å². The van der Waals surface area contributed by atoms with Crippen LogP contribution in [-0.4, -0.2) is 23.2 Å². The lowest BCUT2D eigenvalue weighted by atomic mass is 10.0. The maximum Gasteiger partial charge on any atom is 0.159 e. The number of nitrogens with zero attached hydrogens (tertiary/aromatic N) is 2. The molecular weight excluding hydrogens is 363 g/mol. The molecule has 0 aliphatic heterocycles. The number of hydrogen-bond acceptors (Lipinski definition) is 3. The van der Waals surface area contributed by atoms with Gasteiger partial charge in [-0.3, -0.25) is 4.39 Å². The highest BCUT2D eigenvalue weighted by molar-refractivity contribution is 5.69. The van der Waals surface area contributed by atoms with Crippen molar-refractivity contribution in [3.05, 3.63) is 91.1 Å². The smallest absolute Gasteiger partial charge is 0.159 e. The summed E-state index contributed by atoms with van der Waals surface area (Å²) < 4.78 is 17.7. The van der Waals surface area contributed by atoms with Gasteiger partial charge in [0, 0.05) is 23.7 Å². The second kappa shape index (κ2) is 9.11. The van der Waals surface area contributed by atoms with E-state index in [0.29, 0.717) is 18.9 Å². The van der Waals surface area contributed by atoms with Gasteiger partial charge >= 0.3 is 0 Å². The average Bonchev–Trinajstić information content (AvgIpc) is 2.80. The van der Waals surface area contributed by atoms with Crippen molar-refractivity contribution in [1.82, 2.24) is 9.97 Å². The van der Waals surface area contributed by atoms with Crippen LogP contribution in [0.3, 0.4) is 0 Å². The molecule has 0 spiro atoms. The van der Waals surface area contributed by atoms with Gasteiger partial charge in [-0.1, -0.05) is 54.6 Å². The number of ether oxygens (including phenoxy) is 1.